The molecule has 0 aliphatic heterocycles. The maximum absolute atomic E-state index is 10.2. The van der Waals surface area contributed by atoms with Crippen LogP contribution in [-0.2, 0) is 13.0 Å². The Morgan fingerprint density at radius 3 is 2.68 bits per heavy atom. The maximum Gasteiger partial charge on any atom is 0.119 e. The van der Waals surface area contributed by atoms with Crippen molar-refractivity contribution in [2.45, 2.75) is 38.5 Å². The van der Waals surface area contributed by atoms with Gasteiger partial charge in [0.05, 0.1) is 18.8 Å². The molecule has 0 amide bonds. The summed E-state index contributed by atoms with van der Waals surface area (Å²) in [5, 5.41) is 13.7. The molecule has 1 aliphatic rings. The molecule has 0 unspecified atom stereocenters. The Bertz CT molecular complexity index is 609. The fourth-order valence-corrected chi connectivity index (χ4v) is 2.97. The highest BCUT2D eigenvalue weighted by atomic mass is 16.5. The van der Waals surface area contributed by atoms with Crippen molar-refractivity contribution in [2.24, 2.45) is 0 Å². The Morgan fingerprint density at radius 1 is 1.14 bits per heavy atom. The van der Waals surface area contributed by atoms with Gasteiger partial charge in [0.1, 0.15) is 5.75 Å². The quantitative estimate of drug-likeness (QED) is 0.860. The lowest BCUT2D eigenvalue weighted by atomic mass is 10.1. The zero-order valence-corrected chi connectivity index (χ0v) is 13.0. The standard InChI is InChI=1S/C19H23NO2/c1-2-11-22-16-9-7-14(8-10-16)13-20-19-17-6-4-3-5-15(17)12-18(19)21/h3-10,18-21H,2,11-13H2,1H3/t18-,19+/m0/s1. The van der Waals surface area contributed by atoms with E-state index in [9.17, 15) is 5.11 Å². The van der Waals surface area contributed by atoms with Crippen molar-refractivity contribution in [2.75, 3.05) is 6.61 Å². The van der Waals surface area contributed by atoms with Crippen molar-refractivity contribution in [1.82, 2.24) is 5.32 Å². The molecule has 3 nitrogen and oxygen atoms in total. The van der Waals surface area contributed by atoms with E-state index in [1.807, 2.05) is 24.3 Å². The van der Waals surface area contributed by atoms with Crippen molar-refractivity contribution in [3.05, 3.63) is 65.2 Å². The minimum Gasteiger partial charge on any atom is -0.494 e. The second-order valence-corrected chi connectivity index (χ2v) is 5.82. The van der Waals surface area contributed by atoms with Crippen molar-refractivity contribution in [1.29, 1.82) is 0 Å². The topological polar surface area (TPSA) is 41.5 Å². The van der Waals surface area contributed by atoms with Crippen molar-refractivity contribution >= 4 is 0 Å². The van der Waals surface area contributed by atoms with E-state index in [-0.39, 0.29) is 12.1 Å². The SMILES string of the molecule is CCCOc1ccc(CN[C@@H]2c3ccccc3C[C@@H]2O)cc1. The third kappa shape index (κ3) is 3.32. The molecular formula is C19H23NO2. The van der Waals surface area contributed by atoms with E-state index >= 15 is 0 Å². The number of fused-ring (bicyclic) bond motifs is 1. The number of benzene rings is 2. The largest absolute Gasteiger partial charge is 0.494 e. The molecule has 0 saturated heterocycles. The summed E-state index contributed by atoms with van der Waals surface area (Å²) < 4.78 is 5.59. The summed E-state index contributed by atoms with van der Waals surface area (Å²) in [5.41, 5.74) is 3.66. The molecule has 0 heterocycles. The summed E-state index contributed by atoms with van der Waals surface area (Å²) in [5.74, 6) is 0.914. The molecule has 2 aromatic carbocycles. The van der Waals surface area contributed by atoms with Gasteiger partial charge < -0.3 is 15.2 Å². The predicted octanol–water partition coefficient (Wildman–Crippen LogP) is 3.22. The monoisotopic (exact) mass is 297 g/mol. The molecule has 0 fully saturated rings. The first-order valence-electron chi connectivity index (χ1n) is 7.99. The summed E-state index contributed by atoms with van der Waals surface area (Å²) in [6.45, 7) is 3.59. The van der Waals surface area contributed by atoms with Gasteiger partial charge in [-0.15, -0.1) is 0 Å². The lowest BCUT2D eigenvalue weighted by Gasteiger charge is -2.18. The summed E-state index contributed by atoms with van der Waals surface area (Å²) in [4.78, 5) is 0. The van der Waals surface area contributed by atoms with Crippen LogP contribution < -0.4 is 10.1 Å². The third-order valence-electron chi connectivity index (χ3n) is 4.13. The summed E-state index contributed by atoms with van der Waals surface area (Å²) in [6, 6.07) is 16.4. The van der Waals surface area contributed by atoms with Crippen molar-refractivity contribution in [3.63, 3.8) is 0 Å². The van der Waals surface area contributed by atoms with E-state index in [1.54, 1.807) is 0 Å². The minimum absolute atomic E-state index is 0.0206. The predicted molar refractivity (Wildman–Crippen MR) is 88.0 cm³/mol. The van der Waals surface area contributed by atoms with Crippen LogP contribution in [0.3, 0.4) is 0 Å². The molecule has 0 bridgehead atoms. The van der Waals surface area contributed by atoms with Gasteiger partial charge in [-0.2, -0.15) is 0 Å². The van der Waals surface area contributed by atoms with Gasteiger partial charge in [0.15, 0.2) is 0 Å². The number of hydrogen-bond acceptors (Lipinski definition) is 3. The van der Waals surface area contributed by atoms with Crippen LogP contribution in [-0.4, -0.2) is 17.8 Å². The number of ether oxygens (including phenoxy) is 1. The van der Waals surface area contributed by atoms with Crippen LogP contribution in [0.1, 0.15) is 36.1 Å². The zero-order valence-electron chi connectivity index (χ0n) is 13.0. The molecule has 22 heavy (non-hydrogen) atoms. The Labute approximate surface area is 131 Å². The molecule has 1 aliphatic carbocycles. The normalized spacial score (nSPS) is 19.9. The van der Waals surface area contributed by atoms with Crippen molar-refractivity contribution in [3.8, 4) is 5.75 Å². The second-order valence-electron chi connectivity index (χ2n) is 5.82. The molecule has 0 spiro atoms. The van der Waals surface area contributed by atoms with Gasteiger partial charge in [-0.05, 0) is 35.2 Å². The van der Waals surface area contributed by atoms with Gasteiger partial charge in [0.2, 0.25) is 0 Å². The molecule has 116 valence electrons. The zero-order chi connectivity index (χ0) is 15.4. The van der Waals surface area contributed by atoms with Crippen LogP contribution in [0.25, 0.3) is 0 Å². The highest BCUT2D eigenvalue weighted by molar-refractivity contribution is 5.36. The van der Waals surface area contributed by atoms with E-state index in [1.165, 1.54) is 16.7 Å². The minimum atomic E-state index is -0.343. The van der Waals surface area contributed by atoms with Crippen LogP contribution in [0.2, 0.25) is 0 Å². The average molecular weight is 297 g/mol. The molecule has 2 atom stereocenters. The number of aliphatic hydroxyl groups is 1. The highest BCUT2D eigenvalue weighted by Gasteiger charge is 2.29. The first-order valence-corrected chi connectivity index (χ1v) is 7.99. The summed E-state index contributed by atoms with van der Waals surface area (Å²) in [7, 11) is 0. The molecule has 3 rings (SSSR count). The summed E-state index contributed by atoms with van der Waals surface area (Å²) >= 11 is 0. The Morgan fingerprint density at radius 2 is 1.91 bits per heavy atom. The maximum atomic E-state index is 10.2. The van der Waals surface area contributed by atoms with Gasteiger partial charge in [0, 0.05) is 13.0 Å². The van der Waals surface area contributed by atoms with Crippen molar-refractivity contribution < 1.29 is 9.84 Å². The van der Waals surface area contributed by atoms with E-state index in [0.717, 1.165) is 31.7 Å². The molecular weight excluding hydrogens is 274 g/mol. The number of nitrogens with one attached hydrogen (secondary N) is 1. The molecule has 3 heteroatoms. The third-order valence-corrected chi connectivity index (χ3v) is 4.13. The number of rotatable bonds is 6. The number of hydrogen-bond donors (Lipinski definition) is 2. The molecule has 0 radical (unpaired) electrons. The van der Waals surface area contributed by atoms with Crippen LogP contribution in [0, 0.1) is 0 Å². The van der Waals surface area contributed by atoms with E-state index in [4.69, 9.17) is 4.74 Å². The van der Waals surface area contributed by atoms with Gasteiger partial charge >= 0.3 is 0 Å². The van der Waals surface area contributed by atoms with Crippen LogP contribution >= 0.6 is 0 Å². The molecule has 2 N–H and O–H groups in total. The van der Waals surface area contributed by atoms with E-state index in [2.05, 4.69) is 36.5 Å². The number of aliphatic hydroxyl groups excluding tert-OH is 1. The summed E-state index contributed by atoms with van der Waals surface area (Å²) in [6.07, 6.45) is 1.41. The van der Waals surface area contributed by atoms with Gasteiger partial charge in [0.25, 0.3) is 0 Å². The Balaban J connectivity index is 1.61. The smallest absolute Gasteiger partial charge is 0.119 e. The van der Waals surface area contributed by atoms with Crippen LogP contribution in [0.15, 0.2) is 48.5 Å². The molecule has 0 aromatic heterocycles. The van der Waals surface area contributed by atoms with Gasteiger partial charge in [-0.25, -0.2) is 0 Å². The van der Waals surface area contributed by atoms with Crippen LogP contribution in [0.4, 0.5) is 0 Å². The second kappa shape index (κ2) is 6.95. The first kappa shape index (κ1) is 15.1. The fourth-order valence-electron chi connectivity index (χ4n) is 2.97. The van der Waals surface area contributed by atoms with Gasteiger partial charge in [-0.1, -0.05) is 43.3 Å². The fraction of sp³-hybridized carbons (Fsp3) is 0.368. The Hall–Kier alpha value is -1.84. The highest BCUT2D eigenvalue weighted by Crippen LogP contribution is 2.31. The lowest BCUT2D eigenvalue weighted by Crippen LogP contribution is -2.28. The lowest BCUT2D eigenvalue weighted by molar-refractivity contribution is 0.140. The van der Waals surface area contributed by atoms with E-state index < -0.39 is 0 Å². The average Bonchev–Trinajstić information content (AvgIpc) is 2.87. The first-order chi connectivity index (χ1) is 10.8. The van der Waals surface area contributed by atoms with Crippen LogP contribution in [0.5, 0.6) is 5.75 Å². The molecule has 2 aromatic rings. The Kier molecular flexibility index (Phi) is 4.76. The van der Waals surface area contributed by atoms with E-state index in [0.29, 0.717) is 0 Å². The molecule has 0 saturated carbocycles. The van der Waals surface area contributed by atoms with Gasteiger partial charge in [-0.3, -0.25) is 0 Å².